The second kappa shape index (κ2) is 6.95. The second-order valence-electron chi connectivity index (χ2n) is 5.70. The number of hydrogen-bond acceptors (Lipinski definition) is 2. The number of hydrogen-bond donors (Lipinski definition) is 1. The molecule has 0 fully saturated rings. The van der Waals surface area contributed by atoms with E-state index in [9.17, 15) is 0 Å². The highest BCUT2D eigenvalue weighted by Crippen LogP contribution is 2.32. The molecule has 1 aromatic carbocycles. The first-order valence-corrected chi connectivity index (χ1v) is 7.72. The molecule has 19 heavy (non-hydrogen) atoms. The summed E-state index contributed by atoms with van der Waals surface area (Å²) in [5.74, 6) is 1.79. The fourth-order valence-electron chi connectivity index (χ4n) is 2.99. The van der Waals surface area contributed by atoms with Crippen LogP contribution < -0.4 is 10.1 Å². The maximum atomic E-state index is 6.07. The molecule has 0 saturated carbocycles. The summed E-state index contributed by atoms with van der Waals surface area (Å²) in [6.45, 7) is 7.93. The van der Waals surface area contributed by atoms with Gasteiger partial charge in [0.2, 0.25) is 0 Å². The monoisotopic (exact) mass is 261 g/mol. The predicted octanol–water partition coefficient (Wildman–Crippen LogP) is 3.79. The maximum Gasteiger partial charge on any atom is 0.123 e. The van der Waals surface area contributed by atoms with Gasteiger partial charge in [-0.2, -0.15) is 0 Å². The summed E-state index contributed by atoms with van der Waals surface area (Å²) in [7, 11) is 0. The average molecular weight is 261 g/mol. The summed E-state index contributed by atoms with van der Waals surface area (Å²) in [5.41, 5.74) is 1.37. The van der Waals surface area contributed by atoms with Crippen LogP contribution in [0.4, 0.5) is 0 Å². The van der Waals surface area contributed by atoms with Crippen molar-refractivity contribution in [3.63, 3.8) is 0 Å². The Labute approximate surface area is 117 Å². The van der Waals surface area contributed by atoms with E-state index in [2.05, 4.69) is 50.4 Å². The van der Waals surface area contributed by atoms with Gasteiger partial charge >= 0.3 is 0 Å². The molecule has 1 heterocycles. The van der Waals surface area contributed by atoms with Gasteiger partial charge in [0.1, 0.15) is 11.9 Å². The number of benzene rings is 1. The third-order valence-electron chi connectivity index (χ3n) is 4.23. The van der Waals surface area contributed by atoms with E-state index in [4.69, 9.17) is 4.74 Å². The predicted molar refractivity (Wildman–Crippen MR) is 80.7 cm³/mol. The minimum absolute atomic E-state index is 0.369. The fraction of sp³-hybridized carbons (Fsp3) is 0.647. The van der Waals surface area contributed by atoms with Crippen LogP contribution in [0.3, 0.4) is 0 Å². The van der Waals surface area contributed by atoms with Crippen molar-refractivity contribution in [3.8, 4) is 5.75 Å². The summed E-state index contributed by atoms with van der Waals surface area (Å²) >= 11 is 0. The Bertz CT molecular complexity index is 366. The molecule has 0 aliphatic carbocycles. The lowest BCUT2D eigenvalue weighted by atomic mass is 9.90. The zero-order valence-corrected chi connectivity index (χ0v) is 12.5. The van der Waals surface area contributed by atoms with Crippen molar-refractivity contribution in [2.24, 2.45) is 5.92 Å². The first kappa shape index (κ1) is 14.4. The van der Waals surface area contributed by atoms with E-state index in [1.165, 1.54) is 18.4 Å². The van der Waals surface area contributed by atoms with Gasteiger partial charge in [-0.1, -0.05) is 38.5 Å². The molecule has 0 radical (unpaired) electrons. The Morgan fingerprint density at radius 3 is 2.79 bits per heavy atom. The molecule has 1 aliphatic heterocycles. The van der Waals surface area contributed by atoms with Crippen LogP contribution in [-0.4, -0.2) is 18.7 Å². The Kier molecular flexibility index (Phi) is 5.26. The molecule has 0 amide bonds. The van der Waals surface area contributed by atoms with Gasteiger partial charge in [-0.05, 0) is 43.9 Å². The lowest BCUT2D eigenvalue weighted by Crippen LogP contribution is -2.36. The topological polar surface area (TPSA) is 21.3 Å². The van der Waals surface area contributed by atoms with Crippen LogP contribution in [0.5, 0.6) is 5.75 Å². The van der Waals surface area contributed by atoms with Crippen molar-refractivity contribution in [3.05, 3.63) is 29.8 Å². The summed E-state index contributed by atoms with van der Waals surface area (Å²) in [4.78, 5) is 0. The number of ether oxygens (including phenoxy) is 1. The van der Waals surface area contributed by atoms with E-state index < -0.39 is 0 Å². The van der Waals surface area contributed by atoms with Crippen LogP contribution in [0, 0.1) is 5.92 Å². The average Bonchev–Trinajstić information content (AvgIpc) is 2.84. The lowest BCUT2D eigenvalue weighted by Gasteiger charge is -2.26. The summed E-state index contributed by atoms with van der Waals surface area (Å²) in [6, 6.07) is 9.03. The Balaban J connectivity index is 1.87. The van der Waals surface area contributed by atoms with Gasteiger partial charge in [-0.3, -0.25) is 0 Å². The summed E-state index contributed by atoms with van der Waals surface area (Å²) < 4.78 is 6.07. The number of rotatable bonds is 7. The van der Waals surface area contributed by atoms with E-state index >= 15 is 0 Å². The van der Waals surface area contributed by atoms with Crippen molar-refractivity contribution in [1.82, 2.24) is 5.32 Å². The van der Waals surface area contributed by atoms with E-state index in [0.29, 0.717) is 18.1 Å². The van der Waals surface area contributed by atoms with Gasteiger partial charge in [-0.15, -0.1) is 0 Å². The van der Waals surface area contributed by atoms with Crippen molar-refractivity contribution < 1.29 is 4.74 Å². The second-order valence-corrected chi connectivity index (χ2v) is 5.70. The molecule has 2 rings (SSSR count). The van der Waals surface area contributed by atoms with Crippen molar-refractivity contribution >= 4 is 0 Å². The minimum atomic E-state index is 0.369. The highest BCUT2D eigenvalue weighted by molar-refractivity contribution is 5.37. The largest absolute Gasteiger partial charge is 0.490 e. The molecule has 2 nitrogen and oxygen atoms in total. The molecule has 1 aromatic rings. The van der Waals surface area contributed by atoms with Gasteiger partial charge in [0.25, 0.3) is 0 Å². The van der Waals surface area contributed by atoms with Crippen LogP contribution in [0.15, 0.2) is 24.3 Å². The molecule has 0 spiro atoms. The van der Waals surface area contributed by atoms with E-state index in [-0.39, 0.29) is 0 Å². The Morgan fingerprint density at radius 2 is 2.11 bits per heavy atom. The maximum absolute atomic E-state index is 6.07. The Morgan fingerprint density at radius 1 is 1.32 bits per heavy atom. The highest BCUT2D eigenvalue weighted by Gasteiger charge is 2.26. The van der Waals surface area contributed by atoms with E-state index in [1.807, 2.05) is 0 Å². The molecular formula is C17H27NO. The smallest absolute Gasteiger partial charge is 0.123 e. The Hall–Kier alpha value is -1.02. The van der Waals surface area contributed by atoms with Crippen molar-refractivity contribution in [2.45, 2.75) is 58.6 Å². The zero-order valence-electron chi connectivity index (χ0n) is 12.5. The molecular weight excluding hydrogens is 234 g/mol. The SMILES string of the molecule is CCCNC(C)C(CC)CC1Cc2ccccc2O1. The molecule has 0 saturated heterocycles. The van der Waals surface area contributed by atoms with E-state index in [1.54, 1.807) is 0 Å². The van der Waals surface area contributed by atoms with Crippen LogP contribution in [0.1, 0.15) is 45.6 Å². The van der Waals surface area contributed by atoms with Crippen molar-refractivity contribution in [1.29, 1.82) is 0 Å². The first-order chi connectivity index (χ1) is 9.24. The standard InChI is InChI=1S/C17H27NO/c1-4-10-18-13(3)14(5-2)11-16-12-15-8-6-7-9-17(15)19-16/h6-9,13-14,16,18H,4-5,10-12H2,1-3H3. The van der Waals surface area contributed by atoms with Crippen LogP contribution in [-0.2, 0) is 6.42 Å². The molecule has 0 bridgehead atoms. The fourth-order valence-corrected chi connectivity index (χ4v) is 2.99. The van der Waals surface area contributed by atoms with Crippen LogP contribution in [0.2, 0.25) is 0 Å². The molecule has 1 N–H and O–H groups in total. The molecule has 106 valence electrons. The minimum Gasteiger partial charge on any atom is -0.490 e. The van der Waals surface area contributed by atoms with Gasteiger partial charge in [0.15, 0.2) is 0 Å². The highest BCUT2D eigenvalue weighted by atomic mass is 16.5. The zero-order chi connectivity index (χ0) is 13.7. The number of para-hydroxylation sites is 1. The lowest BCUT2D eigenvalue weighted by molar-refractivity contribution is 0.176. The van der Waals surface area contributed by atoms with Crippen molar-refractivity contribution in [2.75, 3.05) is 6.54 Å². The summed E-state index contributed by atoms with van der Waals surface area (Å²) in [5, 5.41) is 3.62. The molecule has 3 atom stereocenters. The first-order valence-electron chi connectivity index (χ1n) is 7.72. The quantitative estimate of drug-likeness (QED) is 0.806. The van der Waals surface area contributed by atoms with Gasteiger partial charge in [0, 0.05) is 12.5 Å². The third kappa shape index (κ3) is 3.73. The number of nitrogens with one attached hydrogen (secondary N) is 1. The summed E-state index contributed by atoms with van der Waals surface area (Å²) in [6.07, 6.45) is 5.02. The molecule has 0 aromatic heterocycles. The van der Waals surface area contributed by atoms with Gasteiger partial charge in [0.05, 0.1) is 0 Å². The van der Waals surface area contributed by atoms with Gasteiger partial charge < -0.3 is 10.1 Å². The molecule has 2 heteroatoms. The van der Waals surface area contributed by atoms with E-state index in [0.717, 1.165) is 25.1 Å². The number of fused-ring (bicyclic) bond motifs is 1. The van der Waals surface area contributed by atoms with Gasteiger partial charge in [-0.25, -0.2) is 0 Å². The molecule has 1 aliphatic rings. The normalized spacial score (nSPS) is 20.7. The van der Waals surface area contributed by atoms with Crippen LogP contribution >= 0.6 is 0 Å². The molecule has 3 unspecified atom stereocenters. The third-order valence-corrected chi connectivity index (χ3v) is 4.23. The van der Waals surface area contributed by atoms with Crippen LogP contribution in [0.25, 0.3) is 0 Å².